The quantitative estimate of drug-likeness (QED) is 0.454. The lowest BCUT2D eigenvalue weighted by Gasteiger charge is -2.35. The van der Waals surface area contributed by atoms with Crippen molar-refractivity contribution in [2.45, 2.75) is 0 Å². The van der Waals surface area contributed by atoms with Crippen LogP contribution in [0.15, 0.2) is 54.7 Å². The van der Waals surface area contributed by atoms with Gasteiger partial charge in [-0.2, -0.15) is 0 Å². The van der Waals surface area contributed by atoms with Crippen LogP contribution in [0.25, 0.3) is 16.2 Å². The van der Waals surface area contributed by atoms with Crippen molar-refractivity contribution in [2.75, 3.05) is 36.0 Å². The van der Waals surface area contributed by atoms with E-state index in [4.69, 9.17) is 33.3 Å². The highest BCUT2D eigenvalue weighted by atomic mass is 35.5. The van der Waals surface area contributed by atoms with Gasteiger partial charge in [0.25, 0.3) is 0 Å². The predicted molar refractivity (Wildman–Crippen MR) is 117 cm³/mol. The Kier molecular flexibility index (Phi) is 4.62. The second-order valence-electron chi connectivity index (χ2n) is 6.70. The Labute approximate surface area is 176 Å². The molecule has 2 aromatic heterocycles. The van der Waals surface area contributed by atoms with Crippen LogP contribution in [0.4, 0.5) is 10.8 Å². The lowest BCUT2D eigenvalue weighted by atomic mass is 10.2. The molecule has 0 amide bonds. The van der Waals surface area contributed by atoms with Crippen molar-refractivity contribution in [3.63, 3.8) is 0 Å². The molecule has 0 N–H and O–H groups in total. The molecule has 5 nitrogen and oxygen atoms in total. The highest BCUT2D eigenvalue weighted by Crippen LogP contribution is 2.29. The number of anilines is 2. The molecular weight excluding hydrogens is 413 g/mol. The smallest absolute Gasteiger partial charge is 0.214 e. The molecule has 1 aliphatic rings. The maximum absolute atomic E-state index is 6.12. The second kappa shape index (κ2) is 7.28. The third-order valence-corrected chi connectivity index (χ3v) is 6.37. The Morgan fingerprint density at radius 2 is 1.61 bits per heavy atom. The molecule has 4 aromatic rings. The van der Waals surface area contributed by atoms with E-state index >= 15 is 0 Å². The van der Waals surface area contributed by atoms with Crippen molar-refractivity contribution >= 4 is 50.3 Å². The zero-order chi connectivity index (χ0) is 19.1. The lowest BCUT2D eigenvalue weighted by molar-refractivity contribution is 0.648. The van der Waals surface area contributed by atoms with Gasteiger partial charge in [0, 0.05) is 47.5 Å². The number of rotatable bonds is 3. The summed E-state index contributed by atoms with van der Waals surface area (Å²) in [6.45, 7) is 3.73. The van der Waals surface area contributed by atoms with Gasteiger partial charge < -0.3 is 9.80 Å². The van der Waals surface area contributed by atoms with E-state index in [0.717, 1.165) is 57.6 Å². The topological polar surface area (TPSA) is 36.7 Å². The molecule has 2 aromatic carbocycles. The van der Waals surface area contributed by atoms with Crippen LogP contribution in [0.1, 0.15) is 0 Å². The summed E-state index contributed by atoms with van der Waals surface area (Å²) in [7, 11) is 0. The first kappa shape index (κ1) is 17.8. The minimum Gasteiger partial charge on any atom is -0.368 e. The van der Waals surface area contributed by atoms with Crippen molar-refractivity contribution in [2.24, 2.45) is 0 Å². The average molecular weight is 430 g/mol. The van der Waals surface area contributed by atoms with Crippen LogP contribution in [-0.4, -0.2) is 40.8 Å². The van der Waals surface area contributed by atoms with E-state index < -0.39 is 0 Å². The third kappa shape index (κ3) is 3.43. The fourth-order valence-electron chi connectivity index (χ4n) is 3.41. The van der Waals surface area contributed by atoms with E-state index in [1.54, 1.807) is 11.3 Å². The van der Waals surface area contributed by atoms with E-state index in [1.807, 2.05) is 53.2 Å². The summed E-state index contributed by atoms with van der Waals surface area (Å²) in [5.74, 6) is 0. The molecule has 0 unspecified atom stereocenters. The van der Waals surface area contributed by atoms with Crippen molar-refractivity contribution < 1.29 is 0 Å². The van der Waals surface area contributed by atoms with Crippen LogP contribution in [-0.2, 0) is 0 Å². The Hall–Kier alpha value is -2.28. The number of halogens is 2. The van der Waals surface area contributed by atoms with Crippen LogP contribution < -0.4 is 9.80 Å². The van der Waals surface area contributed by atoms with Gasteiger partial charge >= 0.3 is 0 Å². The number of aromatic nitrogens is 3. The van der Waals surface area contributed by atoms with Crippen molar-refractivity contribution in [3.8, 4) is 11.3 Å². The molecule has 1 saturated heterocycles. The van der Waals surface area contributed by atoms with Gasteiger partial charge in [0.1, 0.15) is 0 Å². The molecule has 28 heavy (non-hydrogen) atoms. The van der Waals surface area contributed by atoms with Crippen LogP contribution >= 0.6 is 34.5 Å². The maximum Gasteiger partial charge on any atom is 0.214 e. The number of nitrogens with zero attached hydrogens (tertiary/aromatic N) is 5. The third-order valence-electron chi connectivity index (χ3n) is 4.90. The normalized spacial score (nSPS) is 14.8. The standard InChI is InChI=1S/C20H17Cl2N5S/c21-15-6-4-14(5-7-15)18-13-27-19(23-18)28-20(24-27)26-10-8-25(9-11-26)17-3-1-2-16(22)12-17/h1-7,12-13H,8-11H2. The Morgan fingerprint density at radius 1 is 0.857 bits per heavy atom. The first-order chi connectivity index (χ1) is 13.7. The zero-order valence-corrected chi connectivity index (χ0v) is 17.3. The molecule has 3 heterocycles. The first-order valence-corrected chi connectivity index (χ1v) is 10.6. The molecule has 5 rings (SSSR count). The number of imidazole rings is 1. The fourth-order valence-corrected chi connectivity index (χ4v) is 4.65. The summed E-state index contributed by atoms with van der Waals surface area (Å²) in [5.41, 5.74) is 3.13. The van der Waals surface area contributed by atoms with E-state index in [1.165, 1.54) is 5.69 Å². The molecular formula is C20H17Cl2N5S. The Bertz CT molecular complexity index is 1080. The summed E-state index contributed by atoms with van der Waals surface area (Å²) in [5, 5.41) is 7.25. The van der Waals surface area contributed by atoms with Gasteiger partial charge in [-0.25, -0.2) is 9.50 Å². The van der Waals surface area contributed by atoms with Crippen LogP contribution in [0, 0.1) is 0 Å². The molecule has 0 radical (unpaired) electrons. The molecule has 1 aliphatic heterocycles. The van der Waals surface area contributed by atoms with Gasteiger partial charge in [-0.05, 0) is 30.3 Å². The molecule has 0 atom stereocenters. The Balaban J connectivity index is 1.31. The molecule has 1 fully saturated rings. The maximum atomic E-state index is 6.12. The highest BCUT2D eigenvalue weighted by Gasteiger charge is 2.21. The van der Waals surface area contributed by atoms with E-state index in [0.29, 0.717) is 0 Å². The van der Waals surface area contributed by atoms with Gasteiger partial charge in [-0.3, -0.25) is 0 Å². The summed E-state index contributed by atoms with van der Waals surface area (Å²) >= 11 is 13.7. The van der Waals surface area contributed by atoms with Gasteiger partial charge in [-0.15, -0.1) is 5.10 Å². The minimum atomic E-state index is 0.724. The average Bonchev–Trinajstić information content (AvgIpc) is 3.28. The largest absolute Gasteiger partial charge is 0.368 e. The van der Waals surface area contributed by atoms with Gasteiger partial charge in [0.05, 0.1) is 11.9 Å². The molecule has 0 saturated carbocycles. The number of piperazine rings is 1. The van der Waals surface area contributed by atoms with E-state index in [9.17, 15) is 0 Å². The van der Waals surface area contributed by atoms with Gasteiger partial charge in [0.15, 0.2) is 0 Å². The van der Waals surface area contributed by atoms with E-state index in [2.05, 4.69) is 15.9 Å². The van der Waals surface area contributed by atoms with Crippen molar-refractivity contribution in [3.05, 3.63) is 64.8 Å². The number of hydrogen-bond donors (Lipinski definition) is 0. The second-order valence-corrected chi connectivity index (χ2v) is 8.51. The predicted octanol–water partition coefficient (Wildman–Crippen LogP) is 5.09. The van der Waals surface area contributed by atoms with Crippen LogP contribution in [0.2, 0.25) is 10.0 Å². The lowest BCUT2D eigenvalue weighted by Crippen LogP contribution is -2.46. The van der Waals surface area contributed by atoms with E-state index in [-0.39, 0.29) is 0 Å². The first-order valence-electron chi connectivity index (χ1n) is 9.03. The summed E-state index contributed by atoms with van der Waals surface area (Å²) in [4.78, 5) is 10.3. The van der Waals surface area contributed by atoms with Crippen molar-refractivity contribution in [1.82, 2.24) is 14.6 Å². The number of hydrogen-bond acceptors (Lipinski definition) is 5. The molecule has 8 heteroatoms. The molecule has 0 bridgehead atoms. The number of benzene rings is 2. The summed E-state index contributed by atoms with van der Waals surface area (Å²) < 4.78 is 1.87. The minimum absolute atomic E-state index is 0.724. The molecule has 0 aliphatic carbocycles. The van der Waals surface area contributed by atoms with Crippen LogP contribution in [0.3, 0.4) is 0 Å². The zero-order valence-electron chi connectivity index (χ0n) is 14.9. The Morgan fingerprint density at radius 3 is 2.32 bits per heavy atom. The van der Waals surface area contributed by atoms with Crippen molar-refractivity contribution in [1.29, 1.82) is 0 Å². The van der Waals surface area contributed by atoms with Gasteiger partial charge in [-0.1, -0.05) is 52.7 Å². The summed E-state index contributed by atoms with van der Waals surface area (Å²) in [6.07, 6.45) is 1.97. The van der Waals surface area contributed by atoms with Crippen LogP contribution in [0.5, 0.6) is 0 Å². The summed E-state index contributed by atoms with van der Waals surface area (Å²) in [6, 6.07) is 15.7. The highest BCUT2D eigenvalue weighted by molar-refractivity contribution is 7.20. The number of fused-ring (bicyclic) bond motifs is 1. The molecule has 0 spiro atoms. The fraction of sp³-hybridized carbons (Fsp3) is 0.200. The van der Waals surface area contributed by atoms with Gasteiger partial charge in [0.2, 0.25) is 10.1 Å². The monoisotopic (exact) mass is 429 g/mol. The molecule has 142 valence electrons. The SMILES string of the molecule is Clc1ccc(-c2cn3nc(N4CCN(c5cccc(Cl)c5)CC4)sc3n2)cc1.